The molecule has 1 aromatic rings. The van der Waals surface area contributed by atoms with Crippen molar-refractivity contribution < 1.29 is 4.74 Å². The second kappa shape index (κ2) is 7.06. The molecule has 0 spiro atoms. The molecule has 1 aromatic heterocycles. The molecule has 16 heavy (non-hydrogen) atoms. The Bertz CT molecular complexity index is 344. The number of unbranched alkanes of at least 4 members (excludes halogenated alkanes) is 1. The van der Waals surface area contributed by atoms with Crippen molar-refractivity contribution in [3.63, 3.8) is 0 Å². The normalized spacial score (nSPS) is 9.88. The molecule has 0 atom stereocenters. The SMILES string of the molecule is C=CCCCOc1nc(NCC)ncc1Cl. The highest BCUT2D eigenvalue weighted by Crippen LogP contribution is 2.21. The smallest absolute Gasteiger partial charge is 0.237 e. The van der Waals surface area contributed by atoms with E-state index in [-0.39, 0.29) is 0 Å². The predicted octanol–water partition coefficient (Wildman–Crippen LogP) is 2.91. The van der Waals surface area contributed by atoms with Crippen LogP contribution in [0.2, 0.25) is 5.02 Å². The number of halogens is 1. The van der Waals surface area contributed by atoms with Crippen molar-refractivity contribution in [3.8, 4) is 5.88 Å². The van der Waals surface area contributed by atoms with Crippen molar-refractivity contribution >= 4 is 17.5 Å². The third-order valence-corrected chi connectivity index (χ3v) is 2.10. The number of ether oxygens (including phenoxy) is 1. The van der Waals surface area contributed by atoms with Crippen LogP contribution in [-0.2, 0) is 0 Å². The maximum absolute atomic E-state index is 5.91. The summed E-state index contributed by atoms with van der Waals surface area (Å²) < 4.78 is 5.46. The molecule has 4 nitrogen and oxygen atoms in total. The zero-order valence-corrected chi connectivity index (χ0v) is 10.1. The fourth-order valence-electron chi connectivity index (χ4n) is 1.09. The molecule has 0 aliphatic carbocycles. The number of aromatic nitrogens is 2. The predicted molar refractivity (Wildman–Crippen MR) is 66.1 cm³/mol. The fourth-order valence-corrected chi connectivity index (χ4v) is 1.24. The molecule has 0 bridgehead atoms. The molecule has 1 N–H and O–H groups in total. The van der Waals surface area contributed by atoms with Crippen LogP contribution in [0.1, 0.15) is 19.8 Å². The molecular formula is C11H16ClN3O. The molecule has 0 saturated heterocycles. The summed E-state index contributed by atoms with van der Waals surface area (Å²) in [6, 6.07) is 0. The Labute approximate surface area is 101 Å². The molecule has 0 aromatic carbocycles. The van der Waals surface area contributed by atoms with E-state index in [1.54, 1.807) is 0 Å². The zero-order chi connectivity index (χ0) is 11.8. The van der Waals surface area contributed by atoms with E-state index in [2.05, 4.69) is 21.9 Å². The van der Waals surface area contributed by atoms with Crippen LogP contribution in [0.15, 0.2) is 18.9 Å². The monoisotopic (exact) mass is 241 g/mol. The van der Waals surface area contributed by atoms with Gasteiger partial charge in [-0.3, -0.25) is 0 Å². The molecule has 0 saturated carbocycles. The number of anilines is 1. The van der Waals surface area contributed by atoms with Gasteiger partial charge in [-0.15, -0.1) is 6.58 Å². The van der Waals surface area contributed by atoms with Gasteiger partial charge in [0.05, 0.1) is 12.8 Å². The topological polar surface area (TPSA) is 47.0 Å². The van der Waals surface area contributed by atoms with Crippen LogP contribution < -0.4 is 10.1 Å². The van der Waals surface area contributed by atoms with Crippen LogP contribution in [-0.4, -0.2) is 23.1 Å². The van der Waals surface area contributed by atoms with Crippen LogP contribution in [0.3, 0.4) is 0 Å². The number of hydrogen-bond donors (Lipinski definition) is 1. The van der Waals surface area contributed by atoms with E-state index in [4.69, 9.17) is 16.3 Å². The molecule has 0 aliphatic rings. The molecule has 0 unspecified atom stereocenters. The van der Waals surface area contributed by atoms with Gasteiger partial charge < -0.3 is 10.1 Å². The lowest BCUT2D eigenvalue weighted by Crippen LogP contribution is -2.05. The summed E-state index contributed by atoms with van der Waals surface area (Å²) in [6.07, 6.45) is 5.22. The summed E-state index contributed by atoms with van der Waals surface area (Å²) in [5.74, 6) is 0.960. The van der Waals surface area contributed by atoms with Crippen molar-refractivity contribution in [2.75, 3.05) is 18.5 Å². The van der Waals surface area contributed by atoms with E-state index in [1.165, 1.54) is 6.20 Å². The minimum atomic E-state index is 0.427. The van der Waals surface area contributed by atoms with Gasteiger partial charge in [0.25, 0.3) is 0 Å². The van der Waals surface area contributed by atoms with Gasteiger partial charge in [-0.05, 0) is 19.8 Å². The van der Waals surface area contributed by atoms with E-state index in [1.807, 2.05) is 13.0 Å². The summed E-state index contributed by atoms with van der Waals surface area (Å²) in [4.78, 5) is 8.18. The summed E-state index contributed by atoms with van der Waals surface area (Å²) >= 11 is 5.91. The second-order valence-corrected chi connectivity index (χ2v) is 3.56. The first-order chi connectivity index (χ1) is 7.77. The van der Waals surface area contributed by atoms with E-state index < -0.39 is 0 Å². The van der Waals surface area contributed by atoms with E-state index in [9.17, 15) is 0 Å². The van der Waals surface area contributed by atoms with Crippen molar-refractivity contribution in [3.05, 3.63) is 23.9 Å². The first kappa shape index (κ1) is 12.8. The average Bonchev–Trinajstić information content (AvgIpc) is 2.29. The van der Waals surface area contributed by atoms with Crippen molar-refractivity contribution in [1.29, 1.82) is 0 Å². The van der Waals surface area contributed by atoms with Gasteiger partial charge in [0.15, 0.2) is 0 Å². The molecular weight excluding hydrogens is 226 g/mol. The second-order valence-electron chi connectivity index (χ2n) is 3.16. The van der Waals surface area contributed by atoms with Crippen molar-refractivity contribution in [1.82, 2.24) is 9.97 Å². The standard InChI is InChI=1S/C11H16ClN3O/c1-3-5-6-7-16-10-9(12)8-14-11(15-10)13-4-2/h3,8H,1,4-7H2,2H3,(H,13,14,15). The van der Waals surface area contributed by atoms with Gasteiger partial charge in [-0.2, -0.15) is 4.98 Å². The summed E-state index contributed by atoms with van der Waals surface area (Å²) in [6.45, 7) is 6.96. The molecule has 1 heterocycles. The quantitative estimate of drug-likeness (QED) is 0.589. The number of rotatable bonds is 7. The number of hydrogen-bond acceptors (Lipinski definition) is 4. The first-order valence-electron chi connectivity index (χ1n) is 5.28. The molecule has 0 radical (unpaired) electrons. The third kappa shape index (κ3) is 4.06. The summed E-state index contributed by atoms with van der Waals surface area (Å²) in [7, 11) is 0. The minimum absolute atomic E-state index is 0.427. The van der Waals surface area contributed by atoms with Crippen LogP contribution in [0.25, 0.3) is 0 Å². The molecule has 88 valence electrons. The zero-order valence-electron chi connectivity index (χ0n) is 9.37. The summed E-state index contributed by atoms with van der Waals surface area (Å²) in [5.41, 5.74) is 0. The van der Waals surface area contributed by atoms with Crippen LogP contribution in [0.5, 0.6) is 5.88 Å². The Morgan fingerprint density at radius 2 is 2.44 bits per heavy atom. The summed E-state index contributed by atoms with van der Waals surface area (Å²) in [5, 5.41) is 3.43. The first-order valence-corrected chi connectivity index (χ1v) is 5.65. The van der Waals surface area contributed by atoms with Gasteiger partial charge in [-0.25, -0.2) is 4.98 Å². The van der Waals surface area contributed by atoms with Gasteiger partial charge in [-0.1, -0.05) is 17.7 Å². The van der Waals surface area contributed by atoms with E-state index >= 15 is 0 Å². The van der Waals surface area contributed by atoms with Gasteiger partial charge in [0, 0.05) is 6.54 Å². The Morgan fingerprint density at radius 1 is 1.62 bits per heavy atom. The molecule has 1 rings (SSSR count). The lowest BCUT2D eigenvalue weighted by atomic mass is 10.3. The van der Waals surface area contributed by atoms with Gasteiger partial charge in [0.1, 0.15) is 5.02 Å². The number of nitrogens with zero attached hydrogens (tertiary/aromatic N) is 2. The highest BCUT2D eigenvalue weighted by Gasteiger charge is 2.05. The van der Waals surface area contributed by atoms with E-state index in [0.29, 0.717) is 23.5 Å². The average molecular weight is 242 g/mol. The van der Waals surface area contributed by atoms with Crippen molar-refractivity contribution in [2.24, 2.45) is 0 Å². The Hall–Kier alpha value is -1.29. The maximum Gasteiger partial charge on any atom is 0.237 e. The Kier molecular flexibility index (Phi) is 5.64. The lowest BCUT2D eigenvalue weighted by Gasteiger charge is -2.07. The molecule has 0 amide bonds. The maximum atomic E-state index is 5.91. The lowest BCUT2D eigenvalue weighted by molar-refractivity contribution is 0.300. The number of nitrogens with one attached hydrogen (secondary N) is 1. The van der Waals surface area contributed by atoms with Crippen molar-refractivity contribution in [2.45, 2.75) is 19.8 Å². The minimum Gasteiger partial charge on any atom is -0.476 e. The van der Waals surface area contributed by atoms with Crippen LogP contribution >= 0.6 is 11.6 Å². The van der Waals surface area contributed by atoms with Crippen LogP contribution in [0, 0.1) is 0 Å². The Morgan fingerprint density at radius 3 is 3.12 bits per heavy atom. The Balaban J connectivity index is 2.55. The van der Waals surface area contributed by atoms with E-state index in [0.717, 1.165) is 19.4 Å². The third-order valence-electron chi connectivity index (χ3n) is 1.84. The van der Waals surface area contributed by atoms with Gasteiger partial charge in [0.2, 0.25) is 11.8 Å². The van der Waals surface area contributed by atoms with Crippen LogP contribution in [0.4, 0.5) is 5.95 Å². The molecule has 5 heteroatoms. The highest BCUT2D eigenvalue weighted by atomic mass is 35.5. The molecule has 0 aliphatic heterocycles. The number of allylic oxidation sites excluding steroid dienone is 1. The highest BCUT2D eigenvalue weighted by molar-refractivity contribution is 6.31. The molecule has 0 fully saturated rings. The van der Waals surface area contributed by atoms with Gasteiger partial charge >= 0.3 is 0 Å². The largest absolute Gasteiger partial charge is 0.476 e. The fraction of sp³-hybridized carbons (Fsp3) is 0.455.